The highest BCUT2D eigenvalue weighted by molar-refractivity contribution is 7.85. The van der Waals surface area contributed by atoms with Crippen molar-refractivity contribution in [1.82, 2.24) is 0 Å². The summed E-state index contributed by atoms with van der Waals surface area (Å²) in [7, 11) is -4.27. The summed E-state index contributed by atoms with van der Waals surface area (Å²) < 4.78 is 33.7. The quantitative estimate of drug-likeness (QED) is 0.396. The Bertz CT molecular complexity index is 1180. The van der Waals surface area contributed by atoms with Crippen LogP contribution in [0.4, 0.5) is 5.69 Å². The summed E-state index contributed by atoms with van der Waals surface area (Å²) in [5.74, 6) is 0.540. The molecule has 1 aliphatic rings. The van der Waals surface area contributed by atoms with Crippen LogP contribution in [0.15, 0.2) is 65.6 Å². The van der Waals surface area contributed by atoms with Gasteiger partial charge in [0.1, 0.15) is 16.7 Å². The van der Waals surface area contributed by atoms with Crippen LogP contribution in [0.25, 0.3) is 10.8 Å². The van der Waals surface area contributed by atoms with E-state index in [9.17, 15) is 13.0 Å². The van der Waals surface area contributed by atoms with E-state index in [1.165, 1.54) is 52.7 Å². The third kappa shape index (κ3) is 4.63. The van der Waals surface area contributed by atoms with E-state index in [1.807, 2.05) is 6.92 Å². The fraction of sp³-hybridized carbons (Fsp3) is 0.320. The second-order valence-corrected chi connectivity index (χ2v) is 9.23. The predicted molar refractivity (Wildman–Crippen MR) is 122 cm³/mol. The van der Waals surface area contributed by atoms with Crippen LogP contribution >= 0.6 is 0 Å². The zero-order chi connectivity index (χ0) is 21.9. The fourth-order valence-electron chi connectivity index (χ4n) is 3.93. The smallest absolute Gasteiger partial charge is 0.209 e. The second-order valence-electron chi connectivity index (χ2n) is 7.85. The van der Waals surface area contributed by atoms with Crippen molar-refractivity contribution in [2.75, 3.05) is 6.54 Å². The zero-order valence-electron chi connectivity index (χ0n) is 18.1. The Balaban J connectivity index is 0.000000199. The molecule has 1 unspecified atom stereocenters. The van der Waals surface area contributed by atoms with Gasteiger partial charge in [-0.3, -0.25) is 0 Å². The van der Waals surface area contributed by atoms with Crippen LogP contribution in [0.5, 0.6) is 0 Å². The van der Waals surface area contributed by atoms with Crippen LogP contribution in [-0.4, -0.2) is 29.8 Å². The van der Waals surface area contributed by atoms with Crippen LogP contribution in [0.3, 0.4) is 0 Å². The van der Waals surface area contributed by atoms with E-state index in [-0.39, 0.29) is 4.90 Å². The Morgan fingerprint density at radius 2 is 1.63 bits per heavy atom. The molecule has 0 radical (unpaired) electrons. The van der Waals surface area contributed by atoms with E-state index in [4.69, 9.17) is 0 Å². The first-order valence-corrected chi connectivity index (χ1v) is 11.8. The van der Waals surface area contributed by atoms with Crippen molar-refractivity contribution in [2.45, 2.75) is 51.3 Å². The van der Waals surface area contributed by atoms with Crippen LogP contribution in [0.2, 0.25) is 0 Å². The van der Waals surface area contributed by atoms with Crippen molar-refractivity contribution in [2.24, 2.45) is 0 Å². The fourth-order valence-corrected chi connectivity index (χ4v) is 4.39. The Hall–Kier alpha value is -2.50. The van der Waals surface area contributed by atoms with Crippen LogP contribution in [0.1, 0.15) is 50.7 Å². The van der Waals surface area contributed by atoms with Gasteiger partial charge in [-0.1, -0.05) is 55.3 Å². The van der Waals surface area contributed by atoms with Crippen LogP contribution < -0.4 is 0 Å². The monoisotopic (exact) mass is 423 g/mol. The van der Waals surface area contributed by atoms with Gasteiger partial charge in [0.2, 0.25) is 5.69 Å². The van der Waals surface area contributed by atoms with Gasteiger partial charge in [-0.05, 0) is 42.8 Å². The molecule has 0 aliphatic carbocycles. The van der Waals surface area contributed by atoms with Crippen molar-refractivity contribution >= 4 is 32.3 Å². The summed E-state index contributed by atoms with van der Waals surface area (Å²) in [6.45, 7) is 9.86. The first-order chi connectivity index (χ1) is 14.2. The van der Waals surface area contributed by atoms with E-state index in [1.54, 1.807) is 12.1 Å². The topological polar surface area (TPSA) is 60.2 Å². The molecule has 0 amide bonds. The van der Waals surface area contributed by atoms with E-state index in [2.05, 4.69) is 61.7 Å². The molecule has 0 saturated carbocycles. The lowest BCUT2D eigenvalue weighted by atomic mass is 9.93. The molecule has 0 aromatic heterocycles. The predicted octanol–water partition coefficient (Wildman–Crippen LogP) is 5.76. The molecule has 1 atom stereocenters. The standard InChI is InChI=1S/C18H22N.C7H8O3S/c1-4-5-12-19-14(3)13(2)18-16-9-7-6-8-15(16)10-11-17(18)19;1-6-2-4-7(5-3-6)11(8,9)10/h6-11,13H,4-5,12H2,1-3H3;2-5H,1H3,(H,8,9,10)/q+1;/p-1. The van der Waals surface area contributed by atoms with Gasteiger partial charge in [-0.15, -0.1) is 0 Å². The van der Waals surface area contributed by atoms with Gasteiger partial charge >= 0.3 is 0 Å². The number of rotatable bonds is 4. The number of hydrogen-bond acceptors (Lipinski definition) is 3. The molecule has 1 heterocycles. The summed E-state index contributed by atoms with van der Waals surface area (Å²) in [5, 5.41) is 2.78. The van der Waals surface area contributed by atoms with Crippen molar-refractivity contribution in [3.63, 3.8) is 0 Å². The third-order valence-electron chi connectivity index (χ3n) is 5.77. The number of nitrogens with zero attached hydrogens (tertiary/aromatic N) is 1. The number of aryl methyl sites for hydroxylation is 1. The molecule has 30 heavy (non-hydrogen) atoms. The highest BCUT2D eigenvalue weighted by atomic mass is 32.2. The lowest BCUT2D eigenvalue weighted by molar-refractivity contribution is -0.439. The summed E-state index contributed by atoms with van der Waals surface area (Å²) in [6, 6.07) is 19.1. The summed E-state index contributed by atoms with van der Waals surface area (Å²) >= 11 is 0. The average Bonchev–Trinajstić information content (AvgIpc) is 2.97. The SMILES string of the molecule is CCCC[N+]1=C(C)C(C)c2c1ccc1ccccc21.Cc1ccc(S(=O)(=O)[O-])cc1. The van der Waals surface area contributed by atoms with Gasteiger partial charge in [0, 0.05) is 25.0 Å². The molecule has 0 fully saturated rings. The molecule has 0 bridgehead atoms. The van der Waals surface area contributed by atoms with Crippen molar-refractivity contribution < 1.29 is 17.5 Å². The Kier molecular flexibility index (Phi) is 6.74. The molecule has 0 spiro atoms. The lowest BCUT2D eigenvalue weighted by Crippen LogP contribution is -2.13. The normalized spacial score (nSPS) is 15.7. The molecule has 5 heteroatoms. The summed E-state index contributed by atoms with van der Waals surface area (Å²) in [5.41, 5.74) is 5.38. The lowest BCUT2D eigenvalue weighted by Gasteiger charge is -2.05. The highest BCUT2D eigenvalue weighted by Crippen LogP contribution is 2.39. The molecule has 3 aromatic rings. The van der Waals surface area contributed by atoms with E-state index >= 15 is 0 Å². The largest absolute Gasteiger partial charge is 0.744 e. The Morgan fingerprint density at radius 3 is 2.27 bits per heavy atom. The Morgan fingerprint density at radius 1 is 0.967 bits per heavy atom. The number of unbranched alkanes of at least 4 members (excludes halogenated alkanes) is 1. The van der Waals surface area contributed by atoms with Gasteiger partial charge < -0.3 is 4.55 Å². The van der Waals surface area contributed by atoms with Crippen molar-refractivity contribution in [3.8, 4) is 0 Å². The second kappa shape index (κ2) is 9.11. The molecule has 0 saturated heterocycles. The van der Waals surface area contributed by atoms with Crippen LogP contribution in [-0.2, 0) is 10.1 Å². The van der Waals surface area contributed by atoms with Crippen molar-refractivity contribution in [3.05, 3.63) is 71.8 Å². The minimum Gasteiger partial charge on any atom is -0.744 e. The number of fused-ring (bicyclic) bond motifs is 3. The third-order valence-corrected chi connectivity index (χ3v) is 6.62. The average molecular weight is 424 g/mol. The molecular formula is C25H29NO3S. The number of hydrogen-bond donors (Lipinski definition) is 0. The molecule has 3 aromatic carbocycles. The maximum atomic E-state index is 10.4. The van der Waals surface area contributed by atoms with Gasteiger partial charge in [0.05, 0.1) is 10.8 Å². The van der Waals surface area contributed by atoms with Gasteiger partial charge in [-0.25, -0.2) is 8.42 Å². The molecule has 0 N–H and O–H groups in total. The molecule has 4 nitrogen and oxygen atoms in total. The van der Waals surface area contributed by atoms with Crippen LogP contribution in [0, 0.1) is 6.92 Å². The Labute approximate surface area is 179 Å². The maximum Gasteiger partial charge on any atom is 0.209 e. The van der Waals surface area contributed by atoms with Gasteiger partial charge in [0.15, 0.2) is 5.71 Å². The summed E-state index contributed by atoms with van der Waals surface area (Å²) in [6.07, 6.45) is 2.51. The first kappa shape index (κ1) is 22.2. The molecule has 1 aliphatic heterocycles. The minimum atomic E-state index is -4.27. The van der Waals surface area contributed by atoms with E-state index in [0.717, 1.165) is 12.1 Å². The number of benzene rings is 3. The molecule has 158 valence electrons. The van der Waals surface area contributed by atoms with E-state index in [0.29, 0.717) is 5.92 Å². The van der Waals surface area contributed by atoms with Gasteiger partial charge in [0.25, 0.3) is 0 Å². The van der Waals surface area contributed by atoms with E-state index < -0.39 is 10.1 Å². The van der Waals surface area contributed by atoms with Gasteiger partial charge in [-0.2, -0.15) is 4.58 Å². The maximum absolute atomic E-state index is 10.4. The molecular weight excluding hydrogens is 394 g/mol. The minimum absolute atomic E-state index is 0.178. The summed E-state index contributed by atoms with van der Waals surface area (Å²) in [4.78, 5) is -0.178. The van der Waals surface area contributed by atoms with Crippen molar-refractivity contribution in [1.29, 1.82) is 0 Å². The first-order valence-electron chi connectivity index (χ1n) is 10.4. The highest BCUT2D eigenvalue weighted by Gasteiger charge is 2.34. The molecule has 4 rings (SSSR count). The zero-order valence-corrected chi connectivity index (χ0v) is 18.9.